The zero-order valence-corrected chi connectivity index (χ0v) is 17.3. The number of carbonyl (C=O) groups excluding carboxylic acids is 1. The highest BCUT2D eigenvalue weighted by atomic mass is 35.5. The number of nitrogens with one attached hydrogen (secondary N) is 1. The lowest BCUT2D eigenvalue weighted by atomic mass is 10.2. The van der Waals surface area contributed by atoms with Crippen molar-refractivity contribution in [3.8, 4) is 11.5 Å². The maximum absolute atomic E-state index is 12.8. The number of nitrogens with zero attached hydrogens (tertiary/aromatic N) is 1. The van der Waals surface area contributed by atoms with Crippen LogP contribution in [0.3, 0.4) is 0 Å². The second kappa shape index (κ2) is 8.14. The number of amides is 1. The summed E-state index contributed by atoms with van der Waals surface area (Å²) in [6.45, 7) is 1.92. The first-order valence-electron chi connectivity index (χ1n) is 8.93. The highest BCUT2D eigenvalue weighted by Crippen LogP contribution is 2.36. The molecule has 30 heavy (non-hydrogen) atoms. The minimum absolute atomic E-state index is 0.196. The third-order valence-electron chi connectivity index (χ3n) is 4.33. The molecule has 3 aromatic carbocycles. The number of anilines is 1. The Morgan fingerprint density at radius 2 is 1.87 bits per heavy atom. The molecule has 1 aromatic heterocycles. The SMILES string of the molecule is Cc1cccc(Oc2cc(NC(=O)c3sc4ccccc4c3Cl)cc([N+](=O)[O-])c2)c1. The van der Waals surface area contributed by atoms with Gasteiger partial charge >= 0.3 is 0 Å². The minimum atomic E-state index is -0.537. The maximum Gasteiger partial charge on any atom is 0.275 e. The molecular formula is C22H15ClN2O4S. The molecule has 0 aliphatic carbocycles. The number of non-ortho nitro benzene ring substituents is 1. The van der Waals surface area contributed by atoms with Gasteiger partial charge < -0.3 is 10.1 Å². The maximum atomic E-state index is 12.8. The van der Waals surface area contributed by atoms with Crippen LogP contribution in [0.5, 0.6) is 11.5 Å². The summed E-state index contributed by atoms with van der Waals surface area (Å²) in [6, 6.07) is 18.9. The topological polar surface area (TPSA) is 81.5 Å². The number of carbonyl (C=O) groups is 1. The van der Waals surface area contributed by atoms with Gasteiger partial charge in [-0.05, 0) is 30.7 Å². The predicted octanol–water partition coefficient (Wildman–Crippen LogP) is 6.82. The molecule has 0 saturated heterocycles. The summed E-state index contributed by atoms with van der Waals surface area (Å²) >= 11 is 7.63. The molecule has 6 nitrogen and oxygen atoms in total. The van der Waals surface area contributed by atoms with Crippen LogP contribution >= 0.6 is 22.9 Å². The molecule has 1 heterocycles. The van der Waals surface area contributed by atoms with Gasteiger partial charge in [0.2, 0.25) is 0 Å². The van der Waals surface area contributed by atoms with E-state index in [-0.39, 0.29) is 17.1 Å². The van der Waals surface area contributed by atoms with E-state index in [1.807, 2.05) is 49.4 Å². The number of fused-ring (bicyclic) bond motifs is 1. The molecule has 1 amide bonds. The fraction of sp³-hybridized carbons (Fsp3) is 0.0455. The van der Waals surface area contributed by atoms with Crippen molar-refractivity contribution < 1.29 is 14.5 Å². The van der Waals surface area contributed by atoms with Gasteiger partial charge in [0, 0.05) is 22.2 Å². The molecule has 0 spiro atoms. The number of hydrogen-bond donors (Lipinski definition) is 1. The Labute approximate surface area is 180 Å². The summed E-state index contributed by atoms with van der Waals surface area (Å²) < 4.78 is 6.65. The number of nitro groups is 1. The zero-order chi connectivity index (χ0) is 21.3. The molecule has 4 rings (SSSR count). The Morgan fingerprint density at radius 1 is 1.07 bits per heavy atom. The van der Waals surface area contributed by atoms with E-state index in [2.05, 4.69) is 5.32 Å². The van der Waals surface area contributed by atoms with Crippen LogP contribution in [0, 0.1) is 17.0 Å². The van der Waals surface area contributed by atoms with Gasteiger partial charge in [-0.25, -0.2) is 0 Å². The molecule has 0 radical (unpaired) electrons. The number of aryl methyl sites for hydroxylation is 1. The summed E-state index contributed by atoms with van der Waals surface area (Å²) in [5.41, 5.74) is 1.04. The van der Waals surface area contributed by atoms with Crippen molar-refractivity contribution in [2.24, 2.45) is 0 Å². The molecule has 0 unspecified atom stereocenters. The van der Waals surface area contributed by atoms with Crippen LogP contribution < -0.4 is 10.1 Å². The highest BCUT2D eigenvalue weighted by molar-refractivity contribution is 7.21. The van der Waals surface area contributed by atoms with E-state index in [9.17, 15) is 14.9 Å². The second-order valence-electron chi connectivity index (χ2n) is 6.59. The number of benzene rings is 3. The normalized spacial score (nSPS) is 10.7. The average molecular weight is 439 g/mol. The summed E-state index contributed by atoms with van der Waals surface area (Å²) in [4.78, 5) is 24.0. The highest BCUT2D eigenvalue weighted by Gasteiger charge is 2.19. The van der Waals surface area contributed by atoms with Crippen molar-refractivity contribution in [2.45, 2.75) is 6.92 Å². The third kappa shape index (κ3) is 4.12. The van der Waals surface area contributed by atoms with Crippen molar-refractivity contribution in [2.75, 3.05) is 5.32 Å². The number of hydrogen-bond acceptors (Lipinski definition) is 5. The van der Waals surface area contributed by atoms with Gasteiger partial charge in [0.15, 0.2) is 0 Å². The fourth-order valence-corrected chi connectivity index (χ4v) is 4.39. The van der Waals surface area contributed by atoms with Crippen LogP contribution in [0.15, 0.2) is 66.7 Å². The number of rotatable bonds is 5. The van der Waals surface area contributed by atoms with Crippen LogP contribution in [-0.2, 0) is 0 Å². The van der Waals surface area contributed by atoms with Gasteiger partial charge in [0.1, 0.15) is 16.4 Å². The van der Waals surface area contributed by atoms with Crippen LogP contribution in [0.4, 0.5) is 11.4 Å². The van der Waals surface area contributed by atoms with E-state index in [0.717, 1.165) is 15.6 Å². The molecule has 1 N–H and O–H groups in total. The standard InChI is InChI=1S/C22H15ClN2O4S/c1-13-5-4-6-16(9-13)29-17-11-14(10-15(12-17)25(27)28)24-22(26)21-20(23)18-7-2-3-8-19(18)30-21/h2-12H,1H3,(H,24,26). The lowest BCUT2D eigenvalue weighted by molar-refractivity contribution is -0.384. The lowest BCUT2D eigenvalue weighted by Gasteiger charge is -2.10. The molecular weight excluding hydrogens is 424 g/mol. The lowest BCUT2D eigenvalue weighted by Crippen LogP contribution is -2.11. The van der Waals surface area contributed by atoms with Gasteiger partial charge in [-0.2, -0.15) is 0 Å². The summed E-state index contributed by atoms with van der Waals surface area (Å²) in [7, 11) is 0. The van der Waals surface area contributed by atoms with Crippen LogP contribution in [-0.4, -0.2) is 10.8 Å². The number of ether oxygens (including phenoxy) is 1. The van der Waals surface area contributed by atoms with Crippen LogP contribution in [0.1, 0.15) is 15.2 Å². The van der Waals surface area contributed by atoms with Crippen LogP contribution in [0.2, 0.25) is 5.02 Å². The van der Waals surface area contributed by atoms with E-state index in [4.69, 9.17) is 16.3 Å². The second-order valence-corrected chi connectivity index (χ2v) is 8.02. The monoisotopic (exact) mass is 438 g/mol. The van der Waals surface area contributed by atoms with E-state index in [0.29, 0.717) is 15.6 Å². The quantitative estimate of drug-likeness (QED) is 0.274. The van der Waals surface area contributed by atoms with Gasteiger partial charge in [0.25, 0.3) is 11.6 Å². The Bertz CT molecular complexity index is 1290. The smallest absolute Gasteiger partial charge is 0.275 e. The van der Waals surface area contributed by atoms with Crippen molar-refractivity contribution in [1.82, 2.24) is 0 Å². The van der Waals surface area contributed by atoms with E-state index < -0.39 is 10.8 Å². The Morgan fingerprint density at radius 3 is 2.60 bits per heavy atom. The van der Waals surface area contributed by atoms with Crippen molar-refractivity contribution >= 4 is 50.3 Å². The molecule has 0 atom stereocenters. The van der Waals surface area contributed by atoms with Crippen LogP contribution in [0.25, 0.3) is 10.1 Å². The summed E-state index contributed by atoms with van der Waals surface area (Å²) in [5, 5.41) is 15.2. The average Bonchev–Trinajstić information content (AvgIpc) is 3.05. The first-order chi connectivity index (χ1) is 14.4. The van der Waals surface area contributed by atoms with Crippen molar-refractivity contribution in [3.05, 3.63) is 92.3 Å². The largest absolute Gasteiger partial charge is 0.457 e. The summed E-state index contributed by atoms with van der Waals surface area (Å²) in [6.07, 6.45) is 0. The number of nitro benzene ring substituents is 1. The Kier molecular flexibility index (Phi) is 5.39. The Balaban J connectivity index is 1.65. The first kappa shape index (κ1) is 19.9. The molecule has 4 aromatic rings. The predicted molar refractivity (Wildman–Crippen MR) is 119 cm³/mol. The van der Waals surface area contributed by atoms with Gasteiger partial charge in [-0.15, -0.1) is 11.3 Å². The third-order valence-corrected chi connectivity index (χ3v) is 6.00. The van der Waals surface area contributed by atoms with Gasteiger partial charge in [-0.1, -0.05) is 41.9 Å². The van der Waals surface area contributed by atoms with E-state index in [1.165, 1.54) is 29.5 Å². The Hall–Kier alpha value is -3.42. The number of halogens is 1. The number of thiophene rings is 1. The van der Waals surface area contributed by atoms with E-state index >= 15 is 0 Å². The first-order valence-corrected chi connectivity index (χ1v) is 10.1. The van der Waals surface area contributed by atoms with Crippen molar-refractivity contribution in [3.63, 3.8) is 0 Å². The molecule has 8 heteroatoms. The zero-order valence-electron chi connectivity index (χ0n) is 15.7. The van der Waals surface area contributed by atoms with E-state index in [1.54, 1.807) is 6.07 Å². The minimum Gasteiger partial charge on any atom is -0.457 e. The fourth-order valence-electron chi connectivity index (χ4n) is 2.98. The summed E-state index contributed by atoms with van der Waals surface area (Å²) in [5.74, 6) is 0.344. The van der Waals surface area contributed by atoms with Crippen molar-refractivity contribution in [1.29, 1.82) is 0 Å². The molecule has 150 valence electrons. The molecule has 0 aliphatic rings. The molecule has 0 aliphatic heterocycles. The van der Waals surface area contributed by atoms with Gasteiger partial charge in [0.05, 0.1) is 21.7 Å². The molecule has 0 saturated carbocycles. The molecule has 0 bridgehead atoms. The van der Waals surface area contributed by atoms with Gasteiger partial charge in [-0.3, -0.25) is 14.9 Å². The molecule has 0 fully saturated rings.